The van der Waals surface area contributed by atoms with E-state index >= 15 is 0 Å². The van der Waals surface area contributed by atoms with Crippen LogP contribution in [0.3, 0.4) is 0 Å². The van der Waals surface area contributed by atoms with E-state index in [4.69, 9.17) is 24.9 Å². The molecule has 0 aliphatic heterocycles. The van der Waals surface area contributed by atoms with Crippen molar-refractivity contribution in [3.05, 3.63) is 96.9 Å². The molecule has 6 aromatic rings. The molecule has 6 heterocycles. The van der Waals surface area contributed by atoms with E-state index in [9.17, 15) is 14.4 Å². The third-order valence-corrected chi connectivity index (χ3v) is 8.94. The Morgan fingerprint density at radius 1 is 0.667 bits per heavy atom. The second-order valence-corrected chi connectivity index (χ2v) is 12.8. The molecule has 266 valence electrons. The van der Waals surface area contributed by atoms with Crippen molar-refractivity contribution in [1.29, 1.82) is 0 Å². The largest absolute Gasteiger partial charge is 0.481 e. The molecule has 6 rings (SSSR count). The minimum atomic E-state index is -0.412. The number of nitrogens with two attached hydrogens (primary N) is 1. The number of pyridine rings is 5. The second-order valence-electron chi connectivity index (χ2n) is 12.8. The van der Waals surface area contributed by atoms with Crippen molar-refractivity contribution < 1.29 is 14.2 Å². The van der Waals surface area contributed by atoms with E-state index in [-0.39, 0.29) is 34.8 Å². The van der Waals surface area contributed by atoms with Crippen LogP contribution in [0.5, 0.6) is 17.8 Å². The fourth-order valence-corrected chi connectivity index (χ4v) is 6.55. The lowest BCUT2D eigenvalue weighted by Crippen LogP contribution is -2.27. The lowest BCUT2D eigenvalue weighted by atomic mass is 10.0. The van der Waals surface area contributed by atoms with Gasteiger partial charge in [-0.2, -0.15) is 19.9 Å². The molecule has 0 amide bonds. The minimum absolute atomic E-state index is 0.0900. The first-order valence-corrected chi connectivity index (χ1v) is 16.9. The van der Waals surface area contributed by atoms with Crippen LogP contribution in [0.25, 0.3) is 33.1 Å². The molecule has 2 N–H and O–H groups in total. The number of ether oxygens (including phenoxy) is 3. The van der Waals surface area contributed by atoms with Gasteiger partial charge in [0, 0.05) is 71.0 Å². The van der Waals surface area contributed by atoms with Gasteiger partial charge in [0.15, 0.2) is 5.65 Å². The zero-order valence-electron chi connectivity index (χ0n) is 29.6. The summed E-state index contributed by atoms with van der Waals surface area (Å²) in [6.07, 6.45) is 1.34. The molecule has 0 aliphatic rings. The Morgan fingerprint density at radius 2 is 1.27 bits per heavy atom. The number of nitrogens with zero attached hydrogens (tertiary/aromatic N) is 7. The molecule has 0 saturated heterocycles. The SMILES string of the molecule is COc1ccc2ccc(=O)n(C(C)Cc3nc(OC)nc4c3ccc(=O)n4C(C)Cc3cc(OCCCN)nc4c3ccc(=O)n4C(C)C)c2n1. The van der Waals surface area contributed by atoms with E-state index in [0.29, 0.717) is 72.2 Å². The molecule has 14 nitrogen and oxygen atoms in total. The molecular formula is C37H42N8O6. The summed E-state index contributed by atoms with van der Waals surface area (Å²) >= 11 is 0. The highest BCUT2D eigenvalue weighted by Crippen LogP contribution is 2.29. The highest BCUT2D eigenvalue weighted by Gasteiger charge is 2.22. The van der Waals surface area contributed by atoms with Gasteiger partial charge in [0.2, 0.25) is 11.8 Å². The number of hydrogen-bond acceptors (Lipinski definition) is 11. The first-order valence-electron chi connectivity index (χ1n) is 16.9. The van der Waals surface area contributed by atoms with Crippen molar-refractivity contribution in [2.45, 2.75) is 65.1 Å². The molecule has 51 heavy (non-hydrogen) atoms. The molecule has 14 heteroatoms. The van der Waals surface area contributed by atoms with E-state index < -0.39 is 6.04 Å². The maximum Gasteiger partial charge on any atom is 0.318 e. The second kappa shape index (κ2) is 14.7. The Balaban J connectivity index is 1.45. The van der Waals surface area contributed by atoms with Gasteiger partial charge in [-0.3, -0.25) is 28.1 Å². The summed E-state index contributed by atoms with van der Waals surface area (Å²) in [5.41, 5.74) is 7.89. The summed E-state index contributed by atoms with van der Waals surface area (Å²) in [6.45, 7) is 8.55. The topological polar surface area (TPSA) is 171 Å². The van der Waals surface area contributed by atoms with Crippen LogP contribution in [0.15, 0.2) is 69.0 Å². The predicted octanol–water partition coefficient (Wildman–Crippen LogP) is 4.14. The summed E-state index contributed by atoms with van der Waals surface area (Å²) in [4.78, 5) is 58.5. The van der Waals surface area contributed by atoms with Crippen LogP contribution in [-0.2, 0) is 12.8 Å². The summed E-state index contributed by atoms with van der Waals surface area (Å²) in [7, 11) is 3.00. The van der Waals surface area contributed by atoms with E-state index in [0.717, 1.165) is 16.3 Å². The van der Waals surface area contributed by atoms with E-state index in [1.807, 2.05) is 39.8 Å². The first kappa shape index (κ1) is 35.2. The predicted molar refractivity (Wildman–Crippen MR) is 195 cm³/mol. The first-order chi connectivity index (χ1) is 24.5. The van der Waals surface area contributed by atoms with E-state index in [1.54, 1.807) is 38.0 Å². The van der Waals surface area contributed by atoms with Crippen LogP contribution >= 0.6 is 0 Å². The Bertz CT molecular complexity index is 2420. The molecule has 0 spiro atoms. The molecule has 0 fully saturated rings. The highest BCUT2D eigenvalue weighted by atomic mass is 16.5. The molecule has 0 saturated carbocycles. The normalized spacial score (nSPS) is 12.9. The van der Waals surface area contributed by atoms with Gasteiger partial charge in [0.05, 0.1) is 26.5 Å². The molecule has 0 aromatic carbocycles. The van der Waals surface area contributed by atoms with Crippen LogP contribution < -0.4 is 36.6 Å². The van der Waals surface area contributed by atoms with Crippen LogP contribution in [0.4, 0.5) is 0 Å². The molecule has 2 unspecified atom stereocenters. The van der Waals surface area contributed by atoms with Gasteiger partial charge in [0.1, 0.15) is 11.3 Å². The molecule has 6 aromatic heterocycles. The van der Waals surface area contributed by atoms with Crippen molar-refractivity contribution >= 4 is 33.1 Å². The summed E-state index contributed by atoms with van der Waals surface area (Å²) < 4.78 is 21.7. The average Bonchev–Trinajstić information content (AvgIpc) is 3.10. The van der Waals surface area contributed by atoms with Crippen molar-refractivity contribution in [2.24, 2.45) is 5.73 Å². The Labute approximate surface area is 293 Å². The molecule has 0 bridgehead atoms. The van der Waals surface area contributed by atoms with Crippen LogP contribution in [0.1, 0.15) is 63.5 Å². The lowest BCUT2D eigenvalue weighted by molar-refractivity contribution is 0.301. The third-order valence-electron chi connectivity index (χ3n) is 8.94. The van der Waals surface area contributed by atoms with E-state index in [2.05, 4.69) is 15.0 Å². The summed E-state index contributed by atoms with van der Waals surface area (Å²) in [6, 6.07) is 14.4. The van der Waals surface area contributed by atoms with E-state index in [1.165, 1.54) is 32.4 Å². The molecular weight excluding hydrogens is 652 g/mol. The molecule has 0 radical (unpaired) electrons. The standard InChI is InChI=1S/C37H42N8O6/c1-21(2)43-31(46)14-10-26-25(20-30(41-35(26)43)51-17-7-16-38)18-22(3)45-33(48)15-11-27-28(39-37(50-6)42-36(27)45)19-23(4)44-32(47)13-9-24-8-12-29(49-5)40-34(24)44/h8-15,20-23H,7,16-19,38H2,1-6H3. The number of methoxy groups -OCH3 is 2. The van der Waals surface area contributed by atoms with Crippen LogP contribution in [0, 0.1) is 0 Å². The average molecular weight is 695 g/mol. The number of fused-ring (bicyclic) bond motifs is 3. The maximum atomic E-state index is 13.7. The van der Waals surface area contributed by atoms with Gasteiger partial charge in [-0.25, -0.2) is 0 Å². The Hall–Kier alpha value is -5.63. The van der Waals surface area contributed by atoms with Crippen molar-refractivity contribution in [3.8, 4) is 17.8 Å². The van der Waals surface area contributed by atoms with Crippen LogP contribution in [0.2, 0.25) is 0 Å². The van der Waals surface area contributed by atoms with Crippen molar-refractivity contribution in [2.75, 3.05) is 27.4 Å². The minimum Gasteiger partial charge on any atom is -0.481 e. The fraction of sp³-hybridized carbons (Fsp3) is 0.378. The smallest absolute Gasteiger partial charge is 0.318 e. The Kier molecular flexibility index (Phi) is 10.1. The van der Waals surface area contributed by atoms with Gasteiger partial charge >= 0.3 is 6.01 Å². The van der Waals surface area contributed by atoms with Crippen molar-refractivity contribution in [3.63, 3.8) is 0 Å². The maximum absolute atomic E-state index is 13.7. The van der Waals surface area contributed by atoms with Gasteiger partial charge in [-0.15, -0.1) is 0 Å². The van der Waals surface area contributed by atoms with Gasteiger partial charge < -0.3 is 19.9 Å². The monoisotopic (exact) mass is 694 g/mol. The third kappa shape index (κ3) is 6.91. The molecule has 0 aliphatic carbocycles. The highest BCUT2D eigenvalue weighted by molar-refractivity contribution is 5.81. The zero-order chi connectivity index (χ0) is 36.4. The van der Waals surface area contributed by atoms with Crippen molar-refractivity contribution in [1.82, 2.24) is 33.6 Å². The number of aromatic nitrogens is 7. The summed E-state index contributed by atoms with van der Waals surface area (Å²) in [5, 5.41) is 2.21. The van der Waals surface area contributed by atoms with Gasteiger partial charge in [0.25, 0.3) is 16.7 Å². The number of rotatable bonds is 13. The fourth-order valence-electron chi connectivity index (χ4n) is 6.55. The number of hydrogen-bond donors (Lipinski definition) is 1. The van der Waals surface area contributed by atoms with Gasteiger partial charge in [-0.1, -0.05) is 0 Å². The zero-order valence-corrected chi connectivity index (χ0v) is 29.6. The summed E-state index contributed by atoms with van der Waals surface area (Å²) in [5.74, 6) is 0.768. The Morgan fingerprint density at radius 3 is 1.96 bits per heavy atom. The van der Waals surface area contributed by atoms with Gasteiger partial charge in [-0.05, 0) is 76.9 Å². The quantitative estimate of drug-likeness (QED) is 0.172. The lowest BCUT2D eigenvalue weighted by Gasteiger charge is -2.22. The van der Waals surface area contributed by atoms with Crippen LogP contribution in [-0.4, -0.2) is 61.0 Å². The molecule has 2 atom stereocenters.